The van der Waals surface area contributed by atoms with E-state index in [0.717, 1.165) is 16.6 Å². The molecule has 4 aromatic rings. The minimum atomic E-state index is -0.396. The van der Waals surface area contributed by atoms with E-state index >= 15 is 0 Å². The van der Waals surface area contributed by atoms with Crippen molar-refractivity contribution >= 4 is 11.5 Å². The molecule has 3 aromatic heterocycles. The first-order chi connectivity index (χ1) is 12.2. The number of methoxy groups -OCH3 is 1. The molecule has 0 fully saturated rings. The van der Waals surface area contributed by atoms with Crippen molar-refractivity contribution < 1.29 is 14.1 Å². The van der Waals surface area contributed by atoms with E-state index in [-0.39, 0.29) is 0 Å². The zero-order valence-electron chi connectivity index (χ0n) is 13.8. The molecule has 0 saturated carbocycles. The summed E-state index contributed by atoms with van der Waals surface area (Å²) in [6, 6.07) is 13.3. The van der Waals surface area contributed by atoms with Gasteiger partial charge in [0.25, 0.3) is 0 Å². The van der Waals surface area contributed by atoms with E-state index in [1.165, 1.54) is 7.11 Å². The van der Waals surface area contributed by atoms with Crippen LogP contribution in [-0.2, 0) is 4.74 Å². The molecule has 0 atom stereocenters. The zero-order valence-corrected chi connectivity index (χ0v) is 13.8. The molecule has 0 saturated heterocycles. The van der Waals surface area contributed by atoms with Gasteiger partial charge in [-0.3, -0.25) is 4.40 Å². The lowest BCUT2D eigenvalue weighted by molar-refractivity contribution is 0.0600. The maximum atomic E-state index is 11.8. The van der Waals surface area contributed by atoms with Crippen LogP contribution < -0.4 is 0 Å². The van der Waals surface area contributed by atoms with Crippen LogP contribution in [0.5, 0.6) is 0 Å². The van der Waals surface area contributed by atoms with Crippen LogP contribution >= 0.6 is 0 Å². The average molecular weight is 333 g/mol. The molecule has 3 heterocycles. The number of fused-ring (bicyclic) bond motifs is 1. The van der Waals surface area contributed by atoms with Crippen molar-refractivity contribution in [2.75, 3.05) is 7.11 Å². The van der Waals surface area contributed by atoms with Gasteiger partial charge in [-0.2, -0.15) is 0 Å². The Balaban J connectivity index is 1.94. The minimum absolute atomic E-state index is 0.396. The van der Waals surface area contributed by atoms with Gasteiger partial charge in [0.1, 0.15) is 17.3 Å². The summed E-state index contributed by atoms with van der Waals surface area (Å²) in [4.78, 5) is 16.4. The number of aromatic nitrogens is 3. The number of pyridine rings is 1. The number of imidazole rings is 1. The summed E-state index contributed by atoms with van der Waals surface area (Å²) < 4.78 is 12.1. The molecular weight excluding hydrogens is 318 g/mol. The van der Waals surface area contributed by atoms with Crippen molar-refractivity contribution in [1.82, 2.24) is 14.5 Å². The number of hydrogen-bond donors (Lipinski definition) is 0. The Bertz CT molecular complexity index is 1060. The summed E-state index contributed by atoms with van der Waals surface area (Å²) in [6.07, 6.45) is 3.46. The standard InChI is InChI=1S/C19H15N3O3/c1-12-16(17(21-25-12)13-6-4-3-5-7-13)18-20-10-15-9-8-14(11-22(15)18)19(23)24-2/h3-11H,1-2H3. The summed E-state index contributed by atoms with van der Waals surface area (Å²) in [5.74, 6) is 0.931. The lowest BCUT2D eigenvalue weighted by Crippen LogP contribution is -2.03. The van der Waals surface area contributed by atoms with E-state index in [2.05, 4.69) is 10.1 Å². The van der Waals surface area contributed by atoms with E-state index in [4.69, 9.17) is 9.26 Å². The third kappa shape index (κ3) is 2.48. The highest BCUT2D eigenvalue weighted by Gasteiger charge is 2.21. The molecule has 124 valence electrons. The molecule has 6 nitrogen and oxygen atoms in total. The second kappa shape index (κ2) is 5.90. The lowest BCUT2D eigenvalue weighted by atomic mass is 10.1. The van der Waals surface area contributed by atoms with Gasteiger partial charge in [-0.1, -0.05) is 35.5 Å². The Morgan fingerprint density at radius 3 is 2.72 bits per heavy atom. The Morgan fingerprint density at radius 2 is 1.96 bits per heavy atom. The van der Waals surface area contributed by atoms with Gasteiger partial charge in [0.15, 0.2) is 0 Å². The topological polar surface area (TPSA) is 69.6 Å². The number of nitrogens with zero attached hydrogens (tertiary/aromatic N) is 3. The fourth-order valence-electron chi connectivity index (χ4n) is 2.84. The fraction of sp³-hybridized carbons (Fsp3) is 0.105. The molecule has 0 radical (unpaired) electrons. The minimum Gasteiger partial charge on any atom is -0.465 e. The van der Waals surface area contributed by atoms with Gasteiger partial charge in [-0.05, 0) is 19.1 Å². The van der Waals surface area contributed by atoms with Crippen LogP contribution in [-0.4, -0.2) is 27.6 Å². The first-order valence-corrected chi connectivity index (χ1v) is 7.76. The van der Waals surface area contributed by atoms with E-state index < -0.39 is 5.97 Å². The van der Waals surface area contributed by atoms with Gasteiger partial charge in [-0.25, -0.2) is 9.78 Å². The highest BCUT2D eigenvalue weighted by Crippen LogP contribution is 2.33. The molecule has 0 aliphatic rings. The normalized spacial score (nSPS) is 11.0. The summed E-state index contributed by atoms with van der Waals surface area (Å²) in [5, 5.41) is 4.20. The van der Waals surface area contributed by atoms with Crippen LogP contribution in [0, 0.1) is 6.92 Å². The zero-order chi connectivity index (χ0) is 17.4. The molecule has 1 aromatic carbocycles. The molecule has 0 aliphatic carbocycles. The number of rotatable bonds is 3. The molecule has 6 heteroatoms. The van der Waals surface area contributed by atoms with Crippen molar-refractivity contribution in [3.63, 3.8) is 0 Å². The van der Waals surface area contributed by atoms with Crippen LogP contribution in [0.25, 0.3) is 28.2 Å². The van der Waals surface area contributed by atoms with Gasteiger partial charge in [0.05, 0.1) is 30.0 Å². The van der Waals surface area contributed by atoms with Crippen LogP contribution in [0.1, 0.15) is 16.1 Å². The number of ether oxygens (including phenoxy) is 1. The van der Waals surface area contributed by atoms with Crippen LogP contribution in [0.15, 0.2) is 59.4 Å². The summed E-state index contributed by atoms with van der Waals surface area (Å²) in [7, 11) is 1.36. The predicted octanol–water partition coefficient (Wildman–Crippen LogP) is 3.75. The molecule has 4 rings (SSSR count). The van der Waals surface area contributed by atoms with E-state index in [9.17, 15) is 4.79 Å². The van der Waals surface area contributed by atoms with Gasteiger partial charge < -0.3 is 9.26 Å². The molecule has 0 amide bonds. The summed E-state index contributed by atoms with van der Waals surface area (Å²) in [5.41, 5.74) is 3.77. The van der Waals surface area contributed by atoms with Crippen molar-refractivity contribution in [2.24, 2.45) is 0 Å². The van der Waals surface area contributed by atoms with Crippen molar-refractivity contribution in [3.8, 4) is 22.6 Å². The number of carbonyl (C=O) groups is 1. The third-order valence-electron chi connectivity index (χ3n) is 4.08. The maximum Gasteiger partial charge on any atom is 0.339 e. The van der Waals surface area contributed by atoms with E-state index in [0.29, 0.717) is 22.8 Å². The molecule has 0 bridgehead atoms. The first kappa shape index (κ1) is 15.1. The van der Waals surface area contributed by atoms with Gasteiger partial charge in [0, 0.05) is 11.8 Å². The molecule has 25 heavy (non-hydrogen) atoms. The van der Waals surface area contributed by atoms with E-state index in [1.54, 1.807) is 18.5 Å². The van der Waals surface area contributed by atoms with Crippen LogP contribution in [0.4, 0.5) is 0 Å². The fourth-order valence-corrected chi connectivity index (χ4v) is 2.84. The molecule has 0 aliphatic heterocycles. The molecule has 0 N–H and O–H groups in total. The molecule has 0 unspecified atom stereocenters. The first-order valence-electron chi connectivity index (χ1n) is 7.76. The Morgan fingerprint density at radius 1 is 1.16 bits per heavy atom. The van der Waals surface area contributed by atoms with Crippen molar-refractivity contribution in [2.45, 2.75) is 6.92 Å². The number of carbonyl (C=O) groups excluding carboxylic acids is 1. The smallest absolute Gasteiger partial charge is 0.339 e. The number of aryl methyl sites for hydroxylation is 1. The van der Waals surface area contributed by atoms with Crippen LogP contribution in [0.2, 0.25) is 0 Å². The maximum absolute atomic E-state index is 11.8. The van der Waals surface area contributed by atoms with Gasteiger partial charge in [-0.15, -0.1) is 0 Å². The van der Waals surface area contributed by atoms with Crippen LogP contribution in [0.3, 0.4) is 0 Å². The SMILES string of the molecule is COC(=O)c1ccc2cnc(-c3c(-c4ccccc4)noc3C)n2c1. The monoisotopic (exact) mass is 333 g/mol. The van der Waals surface area contributed by atoms with E-state index in [1.807, 2.05) is 47.7 Å². The van der Waals surface area contributed by atoms with Gasteiger partial charge in [0.2, 0.25) is 0 Å². The predicted molar refractivity (Wildman–Crippen MR) is 92.2 cm³/mol. The largest absolute Gasteiger partial charge is 0.465 e. The van der Waals surface area contributed by atoms with Gasteiger partial charge >= 0.3 is 5.97 Å². The molecule has 0 spiro atoms. The van der Waals surface area contributed by atoms with Crippen molar-refractivity contribution in [1.29, 1.82) is 0 Å². The Labute approximate surface area is 143 Å². The summed E-state index contributed by atoms with van der Waals surface area (Å²) in [6.45, 7) is 1.85. The summed E-state index contributed by atoms with van der Waals surface area (Å²) >= 11 is 0. The highest BCUT2D eigenvalue weighted by molar-refractivity contribution is 5.90. The Hall–Kier alpha value is -3.41. The quantitative estimate of drug-likeness (QED) is 0.534. The third-order valence-corrected chi connectivity index (χ3v) is 4.08. The average Bonchev–Trinajstić information content (AvgIpc) is 3.24. The second-order valence-electron chi connectivity index (χ2n) is 5.61. The number of benzene rings is 1. The number of esters is 1. The molecular formula is C19H15N3O3. The van der Waals surface area contributed by atoms with Crippen molar-refractivity contribution in [3.05, 3.63) is 66.2 Å². The highest BCUT2D eigenvalue weighted by atomic mass is 16.5. The lowest BCUT2D eigenvalue weighted by Gasteiger charge is -2.05. The Kier molecular flexibility index (Phi) is 3.57. The second-order valence-corrected chi connectivity index (χ2v) is 5.61. The number of hydrogen-bond acceptors (Lipinski definition) is 5.